The molecule has 0 fully saturated rings. The average Bonchev–Trinajstić information content (AvgIpc) is 2.71. The summed E-state index contributed by atoms with van der Waals surface area (Å²) in [6.07, 6.45) is 0.771. The number of carbonyl (C=O) groups is 1. The standard InChI is InChI=1S/C24H30F2N2O3/c1-5-30-14-24(3,4)21-19(25)12-16(13-20(21)26)28-23(29)22-18-8-7-17(31-6-2)11-15(18)9-10-27-22/h7-8,11-13,22,27H,5-6,9-10,14H2,1-4H3,(H,28,29)/t22-/m1/s1. The summed E-state index contributed by atoms with van der Waals surface area (Å²) >= 11 is 0. The van der Waals surface area contributed by atoms with Crippen LogP contribution in [0.4, 0.5) is 14.5 Å². The number of carbonyl (C=O) groups excluding carboxylic acids is 1. The molecule has 0 aromatic heterocycles. The summed E-state index contributed by atoms with van der Waals surface area (Å²) in [5.41, 5.74) is 1.05. The maximum atomic E-state index is 14.8. The first-order chi connectivity index (χ1) is 14.8. The molecule has 3 rings (SSSR count). The lowest BCUT2D eigenvalue weighted by molar-refractivity contribution is -0.118. The Bertz CT molecular complexity index is 923. The van der Waals surface area contributed by atoms with Crippen LogP contribution in [-0.4, -0.2) is 32.3 Å². The van der Waals surface area contributed by atoms with Gasteiger partial charge in [0.15, 0.2) is 0 Å². The molecule has 168 valence electrons. The molecule has 0 radical (unpaired) electrons. The van der Waals surface area contributed by atoms with E-state index in [4.69, 9.17) is 9.47 Å². The largest absolute Gasteiger partial charge is 0.494 e. The van der Waals surface area contributed by atoms with E-state index in [0.717, 1.165) is 35.4 Å². The summed E-state index contributed by atoms with van der Waals surface area (Å²) in [6, 6.07) is 7.33. The number of hydrogen-bond donors (Lipinski definition) is 2. The van der Waals surface area contributed by atoms with Gasteiger partial charge in [-0.3, -0.25) is 4.79 Å². The lowest BCUT2D eigenvalue weighted by atomic mass is 9.84. The van der Waals surface area contributed by atoms with Crippen LogP contribution in [0.15, 0.2) is 30.3 Å². The van der Waals surface area contributed by atoms with Crippen molar-refractivity contribution in [3.8, 4) is 5.75 Å². The van der Waals surface area contributed by atoms with Crippen molar-refractivity contribution in [1.29, 1.82) is 0 Å². The van der Waals surface area contributed by atoms with E-state index in [-0.39, 0.29) is 23.8 Å². The van der Waals surface area contributed by atoms with Gasteiger partial charge in [0.1, 0.15) is 23.4 Å². The number of anilines is 1. The summed E-state index contributed by atoms with van der Waals surface area (Å²) in [5, 5.41) is 5.83. The van der Waals surface area contributed by atoms with Gasteiger partial charge in [0.2, 0.25) is 5.91 Å². The van der Waals surface area contributed by atoms with Crippen molar-refractivity contribution in [1.82, 2.24) is 5.32 Å². The van der Waals surface area contributed by atoms with Crippen molar-refractivity contribution in [2.45, 2.75) is 45.6 Å². The number of halogens is 2. The molecule has 0 aliphatic carbocycles. The fourth-order valence-corrected chi connectivity index (χ4v) is 3.97. The van der Waals surface area contributed by atoms with Gasteiger partial charge in [0.05, 0.1) is 13.2 Å². The minimum absolute atomic E-state index is 0.0523. The number of amides is 1. The highest BCUT2D eigenvalue weighted by molar-refractivity contribution is 5.96. The fraction of sp³-hybridized carbons (Fsp3) is 0.458. The summed E-state index contributed by atoms with van der Waals surface area (Å²) in [7, 11) is 0. The molecular formula is C24H30F2N2O3. The first kappa shape index (κ1) is 23.2. The SMILES string of the molecule is CCOCC(C)(C)c1c(F)cc(NC(=O)[C@@H]2NCCc3cc(OCC)ccc32)cc1F. The molecule has 0 saturated carbocycles. The van der Waals surface area contributed by atoms with Crippen LogP contribution >= 0.6 is 0 Å². The third-order valence-electron chi connectivity index (χ3n) is 5.39. The number of hydrogen-bond acceptors (Lipinski definition) is 4. The van der Waals surface area contributed by atoms with Gasteiger partial charge in [-0.05, 0) is 55.7 Å². The van der Waals surface area contributed by atoms with Crippen molar-refractivity contribution in [2.24, 2.45) is 0 Å². The highest BCUT2D eigenvalue weighted by Crippen LogP contribution is 2.32. The topological polar surface area (TPSA) is 59.6 Å². The summed E-state index contributed by atoms with van der Waals surface area (Å²) < 4.78 is 40.5. The second-order valence-corrected chi connectivity index (χ2v) is 8.26. The zero-order valence-corrected chi connectivity index (χ0v) is 18.5. The van der Waals surface area contributed by atoms with Crippen molar-refractivity contribution >= 4 is 11.6 Å². The monoisotopic (exact) mass is 432 g/mol. The van der Waals surface area contributed by atoms with Crippen LogP contribution in [0.5, 0.6) is 5.75 Å². The zero-order chi connectivity index (χ0) is 22.6. The number of benzene rings is 2. The molecule has 31 heavy (non-hydrogen) atoms. The molecule has 1 atom stereocenters. The van der Waals surface area contributed by atoms with E-state index < -0.39 is 23.1 Å². The molecule has 1 aliphatic rings. The fourth-order valence-electron chi connectivity index (χ4n) is 3.97. The molecule has 2 aromatic rings. The Balaban J connectivity index is 1.80. The molecule has 0 bridgehead atoms. The van der Waals surface area contributed by atoms with Crippen molar-refractivity contribution in [2.75, 3.05) is 31.7 Å². The van der Waals surface area contributed by atoms with E-state index >= 15 is 0 Å². The first-order valence-corrected chi connectivity index (χ1v) is 10.6. The molecule has 1 heterocycles. The number of rotatable bonds is 8. The van der Waals surface area contributed by atoms with Crippen LogP contribution in [0.3, 0.4) is 0 Å². The number of fused-ring (bicyclic) bond motifs is 1. The summed E-state index contributed by atoms with van der Waals surface area (Å²) in [4.78, 5) is 12.9. The van der Waals surface area contributed by atoms with E-state index in [1.807, 2.05) is 32.0 Å². The van der Waals surface area contributed by atoms with Crippen LogP contribution in [-0.2, 0) is 21.4 Å². The van der Waals surface area contributed by atoms with E-state index in [2.05, 4.69) is 10.6 Å². The Morgan fingerprint density at radius 3 is 2.52 bits per heavy atom. The summed E-state index contributed by atoms with van der Waals surface area (Å²) in [5.74, 6) is -1.03. The van der Waals surface area contributed by atoms with Crippen molar-refractivity contribution in [3.05, 3.63) is 58.7 Å². The van der Waals surface area contributed by atoms with E-state index in [1.165, 1.54) is 0 Å². The second kappa shape index (κ2) is 9.75. The van der Waals surface area contributed by atoms with Crippen molar-refractivity contribution in [3.63, 3.8) is 0 Å². The van der Waals surface area contributed by atoms with Crippen LogP contribution in [0.2, 0.25) is 0 Å². The molecule has 2 aromatic carbocycles. The van der Waals surface area contributed by atoms with Crippen LogP contribution < -0.4 is 15.4 Å². The van der Waals surface area contributed by atoms with Crippen LogP contribution in [0.25, 0.3) is 0 Å². The number of nitrogens with one attached hydrogen (secondary N) is 2. The predicted octanol–water partition coefficient (Wildman–Crippen LogP) is 4.50. The maximum absolute atomic E-state index is 14.8. The number of ether oxygens (including phenoxy) is 2. The Kier molecular flexibility index (Phi) is 7.28. The Hall–Kier alpha value is -2.51. The van der Waals surface area contributed by atoms with Crippen LogP contribution in [0, 0.1) is 11.6 Å². The smallest absolute Gasteiger partial charge is 0.246 e. The van der Waals surface area contributed by atoms with Gasteiger partial charge in [-0.15, -0.1) is 0 Å². The Morgan fingerprint density at radius 2 is 1.87 bits per heavy atom. The summed E-state index contributed by atoms with van der Waals surface area (Å²) in [6.45, 7) is 9.03. The van der Waals surface area contributed by atoms with E-state index in [1.54, 1.807) is 13.8 Å². The van der Waals surface area contributed by atoms with Crippen molar-refractivity contribution < 1.29 is 23.0 Å². The molecular weight excluding hydrogens is 402 g/mol. The third kappa shape index (κ3) is 5.22. The van der Waals surface area contributed by atoms with Gasteiger partial charge in [0.25, 0.3) is 0 Å². The lowest BCUT2D eigenvalue weighted by Gasteiger charge is -2.28. The van der Waals surface area contributed by atoms with E-state index in [0.29, 0.717) is 19.8 Å². The molecule has 0 unspecified atom stereocenters. The van der Waals surface area contributed by atoms with Crippen LogP contribution in [0.1, 0.15) is 50.4 Å². The van der Waals surface area contributed by atoms with E-state index in [9.17, 15) is 13.6 Å². The Labute approximate surface area is 182 Å². The predicted molar refractivity (Wildman–Crippen MR) is 117 cm³/mol. The molecule has 7 heteroatoms. The van der Waals surface area contributed by atoms with Gasteiger partial charge in [-0.25, -0.2) is 8.78 Å². The van der Waals surface area contributed by atoms with Gasteiger partial charge in [0, 0.05) is 29.8 Å². The zero-order valence-electron chi connectivity index (χ0n) is 18.5. The molecule has 0 saturated heterocycles. The maximum Gasteiger partial charge on any atom is 0.246 e. The second-order valence-electron chi connectivity index (χ2n) is 8.26. The van der Waals surface area contributed by atoms with Gasteiger partial charge < -0.3 is 20.1 Å². The minimum atomic E-state index is -0.838. The Morgan fingerprint density at radius 1 is 1.16 bits per heavy atom. The highest BCUT2D eigenvalue weighted by atomic mass is 19.1. The molecule has 2 N–H and O–H groups in total. The average molecular weight is 433 g/mol. The molecule has 1 amide bonds. The van der Waals surface area contributed by atoms with Gasteiger partial charge in [-0.1, -0.05) is 19.9 Å². The minimum Gasteiger partial charge on any atom is -0.494 e. The molecule has 5 nitrogen and oxygen atoms in total. The molecule has 0 spiro atoms. The third-order valence-corrected chi connectivity index (χ3v) is 5.39. The highest BCUT2D eigenvalue weighted by Gasteiger charge is 2.30. The normalized spacial score (nSPS) is 16.0. The van der Waals surface area contributed by atoms with Gasteiger partial charge >= 0.3 is 0 Å². The lowest BCUT2D eigenvalue weighted by Crippen LogP contribution is -2.38. The van der Waals surface area contributed by atoms with Gasteiger partial charge in [-0.2, -0.15) is 0 Å². The first-order valence-electron chi connectivity index (χ1n) is 10.6. The quantitative estimate of drug-likeness (QED) is 0.645. The molecule has 1 aliphatic heterocycles.